The third-order valence-corrected chi connectivity index (χ3v) is 6.10. The van der Waals surface area contributed by atoms with Gasteiger partial charge in [-0.25, -0.2) is 18.1 Å². The summed E-state index contributed by atoms with van der Waals surface area (Å²) in [5.74, 6) is 1.49. The van der Waals surface area contributed by atoms with E-state index in [-0.39, 0.29) is 23.1 Å². The lowest BCUT2D eigenvalue weighted by molar-refractivity contribution is 0.410. The lowest BCUT2D eigenvalue weighted by Gasteiger charge is -2.24. The minimum atomic E-state index is -3.82. The molecule has 3 aromatic rings. The number of fused-ring (bicyclic) bond motifs is 1. The van der Waals surface area contributed by atoms with Crippen molar-refractivity contribution in [3.05, 3.63) is 77.3 Å². The molecule has 0 radical (unpaired) electrons. The molecule has 30 heavy (non-hydrogen) atoms. The van der Waals surface area contributed by atoms with Gasteiger partial charge < -0.3 is 14.8 Å². The van der Waals surface area contributed by atoms with E-state index in [0.717, 1.165) is 5.56 Å². The third-order valence-electron chi connectivity index (χ3n) is 4.41. The number of sulfonamides is 1. The van der Waals surface area contributed by atoms with Crippen molar-refractivity contribution in [3.8, 4) is 17.2 Å². The standard InChI is InChI=1S/C21H18ClN3O4S/c1-28-16-9-4-2-7-14(16)13-23-21-24-20-18(29-17-10-5-3-8-15(17)22)11-6-12-19(20)30(26,27)25-21/h2-12H,13H2,1H3,(H2,23,24,25). The predicted molar refractivity (Wildman–Crippen MR) is 116 cm³/mol. The van der Waals surface area contributed by atoms with Crippen LogP contribution in [0, 0.1) is 0 Å². The second-order valence-electron chi connectivity index (χ2n) is 6.37. The molecule has 0 spiro atoms. The number of nitrogens with one attached hydrogen (secondary N) is 2. The molecule has 7 nitrogen and oxygen atoms in total. The van der Waals surface area contributed by atoms with E-state index >= 15 is 0 Å². The Balaban J connectivity index is 1.68. The zero-order valence-electron chi connectivity index (χ0n) is 15.9. The van der Waals surface area contributed by atoms with Gasteiger partial charge in [0.2, 0.25) is 5.96 Å². The van der Waals surface area contributed by atoms with Crippen LogP contribution in [0.2, 0.25) is 5.02 Å². The maximum atomic E-state index is 12.8. The minimum Gasteiger partial charge on any atom is -0.496 e. The first-order valence-electron chi connectivity index (χ1n) is 8.99. The molecule has 3 aromatic carbocycles. The molecule has 0 fully saturated rings. The molecule has 0 amide bonds. The predicted octanol–water partition coefficient (Wildman–Crippen LogP) is 4.40. The van der Waals surface area contributed by atoms with E-state index in [0.29, 0.717) is 22.3 Å². The molecule has 0 bridgehead atoms. The first-order chi connectivity index (χ1) is 14.5. The highest BCUT2D eigenvalue weighted by Gasteiger charge is 2.29. The van der Waals surface area contributed by atoms with Crippen molar-refractivity contribution >= 4 is 33.3 Å². The lowest BCUT2D eigenvalue weighted by atomic mass is 10.2. The van der Waals surface area contributed by atoms with Crippen molar-refractivity contribution < 1.29 is 17.9 Å². The van der Waals surface area contributed by atoms with E-state index in [1.807, 2.05) is 24.3 Å². The van der Waals surface area contributed by atoms with Crippen molar-refractivity contribution in [2.24, 2.45) is 4.99 Å². The normalized spacial score (nSPS) is 15.6. The highest BCUT2D eigenvalue weighted by molar-refractivity contribution is 7.90. The van der Waals surface area contributed by atoms with Gasteiger partial charge in [0.15, 0.2) is 5.75 Å². The number of rotatable bonds is 5. The number of methoxy groups -OCH3 is 1. The van der Waals surface area contributed by atoms with E-state index in [1.165, 1.54) is 6.07 Å². The number of ether oxygens (including phenoxy) is 2. The number of aliphatic imine (C=N–C) groups is 1. The van der Waals surface area contributed by atoms with Crippen molar-refractivity contribution in [3.63, 3.8) is 0 Å². The number of guanidine groups is 1. The quantitative estimate of drug-likeness (QED) is 0.610. The van der Waals surface area contributed by atoms with Crippen LogP contribution in [0.1, 0.15) is 5.56 Å². The van der Waals surface area contributed by atoms with Crippen molar-refractivity contribution in [2.75, 3.05) is 12.4 Å². The molecule has 0 aromatic heterocycles. The second kappa shape index (κ2) is 8.25. The highest BCUT2D eigenvalue weighted by atomic mass is 35.5. The van der Waals surface area contributed by atoms with Crippen LogP contribution in [0.25, 0.3) is 0 Å². The van der Waals surface area contributed by atoms with Crippen LogP contribution < -0.4 is 19.5 Å². The van der Waals surface area contributed by atoms with Gasteiger partial charge in [0.1, 0.15) is 22.1 Å². The largest absolute Gasteiger partial charge is 0.496 e. The highest BCUT2D eigenvalue weighted by Crippen LogP contribution is 2.38. The Morgan fingerprint density at radius 1 is 0.933 bits per heavy atom. The molecule has 0 saturated carbocycles. The van der Waals surface area contributed by atoms with Crippen LogP contribution in [0.4, 0.5) is 5.69 Å². The van der Waals surface area contributed by atoms with Gasteiger partial charge in [-0.1, -0.05) is 48.0 Å². The van der Waals surface area contributed by atoms with Crippen LogP contribution in [0.3, 0.4) is 0 Å². The minimum absolute atomic E-state index is 0.0586. The Kier molecular flexibility index (Phi) is 5.52. The lowest BCUT2D eigenvalue weighted by Crippen LogP contribution is -2.40. The smallest absolute Gasteiger partial charge is 0.266 e. The fourth-order valence-electron chi connectivity index (χ4n) is 2.98. The molecule has 154 valence electrons. The van der Waals surface area contributed by atoms with E-state index < -0.39 is 10.0 Å². The van der Waals surface area contributed by atoms with Crippen LogP contribution in [0.5, 0.6) is 17.2 Å². The van der Waals surface area contributed by atoms with E-state index in [2.05, 4.69) is 15.0 Å². The first-order valence-corrected chi connectivity index (χ1v) is 10.9. The van der Waals surface area contributed by atoms with E-state index in [4.69, 9.17) is 21.1 Å². The van der Waals surface area contributed by atoms with Crippen LogP contribution in [-0.2, 0) is 16.6 Å². The summed E-state index contributed by atoms with van der Waals surface area (Å²) in [5, 5.41) is 3.43. The molecular formula is C21H18ClN3O4S. The molecule has 1 heterocycles. The number of hydrogen-bond acceptors (Lipinski definition) is 5. The van der Waals surface area contributed by atoms with Crippen molar-refractivity contribution in [2.45, 2.75) is 11.4 Å². The summed E-state index contributed by atoms with van der Waals surface area (Å²) in [6.45, 7) is 0.220. The summed E-state index contributed by atoms with van der Waals surface area (Å²) in [4.78, 5) is 4.43. The maximum absolute atomic E-state index is 12.8. The summed E-state index contributed by atoms with van der Waals surface area (Å²) >= 11 is 6.18. The van der Waals surface area contributed by atoms with Gasteiger partial charge >= 0.3 is 0 Å². The van der Waals surface area contributed by atoms with Gasteiger partial charge in [-0.3, -0.25) is 0 Å². The molecule has 0 saturated heterocycles. The summed E-state index contributed by atoms with van der Waals surface area (Å²) in [6, 6.07) is 19.1. The average Bonchev–Trinajstić information content (AvgIpc) is 2.74. The fraction of sp³-hybridized carbons (Fsp3) is 0.0952. The molecule has 1 aliphatic heterocycles. The molecule has 2 N–H and O–H groups in total. The topological polar surface area (TPSA) is 89.0 Å². The van der Waals surface area contributed by atoms with Gasteiger partial charge in [0.25, 0.3) is 10.0 Å². The second-order valence-corrected chi connectivity index (χ2v) is 8.43. The summed E-state index contributed by atoms with van der Waals surface area (Å²) in [7, 11) is -2.25. The number of hydrogen-bond donors (Lipinski definition) is 2. The van der Waals surface area contributed by atoms with Gasteiger partial charge in [-0.2, -0.15) is 0 Å². The summed E-state index contributed by atoms with van der Waals surface area (Å²) < 4.78 is 39.2. The number of halogens is 1. The Labute approximate surface area is 179 Å². The van der Waals surface area contributed by atoms with Crippen LogP contribution in [0.15, 0.2) is 76.6 Å². The Morgan fingerprint density at radius 2 is 1.63 bits per heavy atom. The number of nitrogens with zero attached hydrogens (tertiary/aromatic N) is 1. The third kappa shape index (κ3) is 4.05. The molecule has 9 heteroatoms. The van der Waals surface area contributed by atoms with Gasteiger partial charge in [-0.05, 0) is 30.3 Å². The fourth-order valence-corrected chi connectivity index (χ4v) is 4.32. The zero-order valence-corrected chi connectivity index (χ0v) is 17.5. The zero-order chi connectivity index (χ0) is 21.1. The molecule has 4 rings (SSSR count). The van der Waals surface area contributed by atoms with Gasteiger partial charge in [-0.15, -0.1) is 0 Å². The SMILES string of the molecule is COc1ccccc1CN=C1Nc2c(Oc3ccccc3Cl)cccc2S(=O)(=O)N1. The van der Waals surface area contributed by atoms with Gasteiger partial charge in [0, 0.05) is 5.56 Å². The first kappa shape index (κ1) is 20.1. The van der Waals surface area contributed by atoms with Crippen LogP contribution in [-0.4, -0.2) is 21.5 Å². The molecule has 1 aliphatic rings. The number of anilines is 1. The monoisotopic (exact) mass is 443 g/mol. The van der Waals surface area contributed by atoms with Gasteiger partial charge in [0.05, 0.1) is 18.7 Å². The summed E-state index contributed by atoms with van der Waals surface area (Å²) in [6.07, 6.45) is 0. The Bertz CT molecular complexity index is 1230. The molecule has 0 aliphatic carbocycles. The number of para-hydroxylation sites is 3. The van der Waals surface area contributed by atoms with Crippen molar-refractivity contribution in [1.29, 1.82) is 0 Å². The molecule has 0 unspecified atom stereocenters. The Hall–Kier alpha value is -3.23. The van der Waals surface area contributed by atoms with Crippen LogP contribution >= 0.6 is 11.6 Å². The average molecular weight is 444 g/mol. The maximum Gasteiger partial charge on any atom is 0.266 e. The molecular weight excluding hydrogens is 426 g/mol. The van der Waals surface area contributed by atoms with Crippen molar-refractivity contribution in [1.82, 2.24) is 4.72 Å². The number of benzene rings is 3. The van der Waals surface area contributed by atoms with E-state index in [1.54, 1.807) is 43.5 Å². The molecule has 0 atom stereocenters. The van der Waals surface area contributed by atoms with E-state index in [9.17, 15) is 8.42 Å². The Morgan fingerprint density at radius 3 is 2.40 bits per heavy atom. The summed E-state index contributed by atoms with van der Waals surface area (Å²) in [5.41, 5.74) is 1.11.